The Morgan fingerprint density at radius 1 is 1.19 bits per heavy atom. The third-order valence-corrected chi connectivity index (χ3v) is 3.96. The fraction of sp³-hybridized carbons (Fsp3) is 0.333. The molecule has 8 heteroatoms. The maximum Gasteiger partial charge on any atom is 0.319 e. The zero-order valence-corrected chi connectivity index (χ0v) is 15.1. The normalized spacial score (nSPS) is 12.2. The SMILES string of the molecule is CC(C)C[C@@H](NC(=O)Nc1ccc(-n2cccn2)cc1)c1ncnn1C. The molecule has 26 heavy (non-hydrogen) atoms. The van der Waals surface area contributed by atoms with Crippen molar-refractivity contribution in [1.29, 1.82) is 0 Å². The topological polar surface area (TPSA) is 89.7 Å². The van der Waals surface area contributed by atoms with Crippen molar-refractivity contribution in [1.82, 2.24) is 29.9 Å². The molecule has 2 heterocycles. The van der Waals surface area contributed by atoms with Crippen molar-refractivity contribution in [2.75, 3.05) is 5.32 Å². The number of anilines is 1. The van der Waals surface area contributed by atoms with Crippen LogP contribution in [0.3, 0.4) is 0 Å². The fourth-order valence-electron chi connectivity index (χ4n) is 2.77. The summed E-state index contributed by atoms with van der Waals surface area (Å²) in [5, 5.41) is 14.1. The summed E-state index contributed by atoms with van der Waals surface area (Å²) in [5.41, 5.74) is 1.64. The maximum absolute atomic E-state index is 12.4. The van der Waals surface area contributed by atoms with Crippen molar-refractivity contribution < 1.29 is 4.79 Å². The molecule has 3 aromatic rings. The van der Waals surface area contributed by atoms with Gasteiger partial charge in [0.15, 0.2) is 0 Å². The van der Waals surface area contributed by atoms with E-state index in [2.05, 4.69) is 39.7 Å². The Kier molecular flexibility index (Phi) is 5.31. The van der Waals surface area contributed by atoms with Crippen LogP contribution in [0.25, 0.3) is 5.69 Å². The molecule has 8 nitrogen and oxygen atoms in total. The average Bonchev–Trinajstić information content (AvgIpc) is 3.26. The Bertz CT molecular complexity index is 837. The third kappa shape index (κ3) is 4.27. The van der Waals surface area contributed by atoms with Gasteiger partial charge in [-0.2, -0.15) is 10.2 Å². The predicted molar refractivity (Wildman–Crippen MR) is 98.9 cm³/mol. The van der Waals surface area contributed by atoms with Crippen LogP contribution in [0.1, 0.15) is 32.1 Å². The lowest BCUT2D eigenvalue weighted by atomic mass is 10.0. The Balaban J connectivity index is 1.65. The summed E-state index contributed by atoms with van der Waals surface area (Å²) in [6.07, 6.45) is 5.86. The Labute approximate surface area is 152 Å². The Morgan fingerprint density at radius 2 is 1.96 bits per heavy atom. The zero-order chi connectivity index (χ0) is 18.5. The number of nitrogens with zero attached hydrogens (tertiary/aromatic N) is 5. The number of nitrogens with one attached hydrogen (secondary N) is 2. The molecule has 0 aliphatic carbocycles. The van der Waals surface area contributed by atoms with Crippen LogP contribution < -0.4 is 10.6 Å². The van der Waals surface area contributed by atoms with Crippen LogP contribution >= 0.6 is 0 Å². The van der Waals surface area contributed by atoms with E-state index in [9.17, 15) is 4.79 Å². The first-order valence-corrected chi connectivity index (χ1v) is 8.54. The van der Waals surface area contributed by atoms with Gasteiger partial charge in [-0.15, -0.1) is 0 Å². The van der Waals surface area contributed by atoms with E-state index in [0.717, 1.165) is 17.9 Å². The van der Waals surface area contributed by atoms with E-state index < -0.39 is 0 Å². The first-order chi connectivity index (χ1) is 12.5. The van der Waals surface area contributed by atoms with Crippen molar-refractivity contribution in [3.05, 3.63) is 54.9 Å². The van der Waals surface area contributed by atoms with Crippen LogP contribution in [0, 0.1) is 5.92 Å². The van der Waals surface area contributed by atoms with Crippen molar-refractivity contribution >= 4 is 11.7 Å². The molecule has 2 amide bonds. The van der Waals surface area contributed by atoms with Gasteiger partial charge in [0.1, 0.15) is 12.2 Å². The highest BCUT2D eigenvalue weighted by Gasteiger charge is 2.20. The fourth-order valence-corrected chi connectivity index (χ4v) is 2.77. The van der Waals surface area contributed by atoms with E-state index in [1.54, 1.807) is 15.6 Å². The molecule has 136 valence electrons. The van der Waals surface area contributed by atoms with Crippen LogP contribution in [0.5, 0.6) is 0 Å². The van der Waals surface area contributed by atoms with Gasteiger partial charge < -0.3 is 10.6 Å². The Morgan fingerprint density at radius 3 is 2.54 bits per heavy atom. The highest BCUT2D eigenvalue weighted by atomic mass is 16.2. The maximum atomic E-state index is 12.4. The molecule has 0 saturated carbocycles. The number of amides is 2. The summed E-state index contributed by atoms with van der Waals surface area (Å²) in [7, 11) is 1.82. The summed E-state index contributed by atoms with van der Waals surface area (Å²) >= 11 is 0. The molecule has 0 unspecified atom stereocenters. The van der Waals surface area contributed by atoms with E-state index in [0.29, 0.717) is 11.6 Å². The van der Waals surface area contributed by atoms with Gasteiger partial charge >= 0.3 is 6.03 Å². The molecule has 0 spiro atoms. The summed E-state index contributed by atoms with van der Waals surface area (Å²) in [4.78, 5) is 16.7. The molecule has 1 aromatic carbocycles. The minimum atomic E-state index is -0.273. The lowest BCUT2D eigenvalue weighted by molar-refractivity contribution is 0.245. The number of aryl methyl sites for hydroxylation is 1. The minimum Gasteiger partial charge on any atom is -0.328 e. The molecule has 0 saturated heterocycles. The average molecular weight is 353 g/mol. The number of hydrogen-bond donors (Lipinski definition) is 2. The minimum absolute atomic E-state index is 0.203. The number of carbonyl (C=O) groups excluding carboxylic acids is 1. The molecule has 1 atom stereocenters. The summed E-state index contributed by atoms with van der Waals surface area (Å²) in [6.45, 7) is 4.22. The first kappa shape index (κ1) is 17.7. The molecule has 0 aliphatic rings. The lowest BCUT2D eigenvalue weighted by Gasteiger charge is -2.20. The molecular formula is C18H23N7O. The molecule has 2 N–H and O–H groups in total. The van der Waals surface area contributed by atoms with E-state index in [1.807, 2.05) is 43.6 Å². The van der Waals surface area contributed by atoms with Gasteiger partial charge in [-0.25, -0.2) is 14.5 Å². The molecule has 3 rings (SSSR count). The smallest absolute Gasteiger partial charge is 0.319 e. The lowest BCUT2D eigenvalue weighted by Crippen LogP contribution is -2.34. The van der Waals surface area contributed by atoms with E-state index >= 15 is 0 Å². The predicted octanol–water partition coefficient (Wildman–Crippen LogP) is 2.91. The summed E-state index contributed by atoms with van der Waals surface area (Å²) in [6, 6.07) is 8.87. The quantitative estimate of drug-likeness (QED) is 0.713. The molecular weight excluding hydrogens is 330 g/mol. The van der Waals surface area contributed by atoms with E-state index in [4.69, 9.17) is 0 Å². The van der Waals surface area contributed by atoms with Gasteiger partial charge in [0.05, 0.1) is 11.7 Å². The van der Waals surface area contributed by atoms with Crippen LogP contribution in [-0.4, -0.2) is 30.6 Å². The number of urea groups is 1. The van der Waals surface area contributed by atoms with Gasteiger partial charge in [-0.05, 0) is 42.7 Å². The van der Waals surface area contributed by atoms with Crippen LogP contribution in [0.15, 0.2) is 49.1 Å². The summed E-state index contributed by atoms with van der Waals surface area (Å²) in [5.74, 6) is 1.15. The Hall–Kier alpha value is -3.16. The second-order valence-electron chi connectivity index (χ2n) is 6.52. The van der Waals surface area contributed by atoms with E-state index in [1.165, 1.54) is 6.33 Å². The first-order valence-electron chi connectivity index (χ1n) is 8.54. The number of benzene rings is 1. The van der Waals surface area contributed by atoms with Gasteiger partial charge in [0.25, 0.3) is 0 Å². The number of carbonyl (C=O) groups is 1. The van der Waals surface area contributed by atoms with Gasteiger partial charge in [0.2, 0.25) is 0 Å². The third-order valence-electron chi connectivity index (χ3n) is 3.96. The molecule has 0 radical (unpaired) electrons. The van der Waals surface area contributed by atoms with Gasteiger partial charge in [0, 0.05) is 25.1 Å². The highest BCUT2D eigenvalue weighted by molar-refractivity contribution is 5.89. The second-order valence-corrected chi connectivity index (χ2v) is 6.52. The highest BCUT2D eigenvalue weighted by Crippen LogP contribution is 2.19. The monoisotopic (exact) mass is 353 g/mol. The standard InChI is InChI=1S/C18H23N7O/c1-13(2)11-16(17-19-12-21-24(17)3)23-18(26)22-14-5-7-15(8-6-14)25-10-4-9-20-25/h4-10,12-13,16H,11H2,1-3H3,(H2,22,23,26)/t16-/m1/s1. The van der Waals surface area contributed by atoms with Gasteiger partial charge in [-0.3, -0.25) is 4.68 Å². The van der Waals surface area contributed by atoms with Crippen molar-refractivity contribution in [3.63, 3.8) is 0 Å². The van der Waals surface area contributed by atoms with E-state index in [-0.39, 0.29) is 12.1 Å². The number of rotatable bonds is 6. The number of aromatic nitrogens is 5. The molecule has 2 aromatic heterocycles. The van der Waals surface area contributed by atoms with Crippen LogP contribution in [0.2, 0.25) is 0 Å². The van der Waals surface area contributed by atoms with Crippen LogP contribution in [0.4, 0.5) is 10.5 Å². The number of hydrogen-bond acceptors (Lipinski definition) is 4. The second kappa shape index (κ2) is 7.81. The molecule has 0 aliphatic heterocycles. The molecule has 0 fully saturated rings. The van der Waals surface area contributed by atoms with Crippen molar-refractivity contribution in [3.8, 4) is 5.69 Å². The van der Waals surface area contributed by atoms with Crippen molar-refractivity contribution in [2.45, 2.75) is 26.3 Å². The molecule has 0 bridgehead atoms. The van der Waals surface area contributed by atoms with Crippen molar-refractivity contribution in [2.24, 2.45) is 13.0 Å². The van der Waals surface area contributed by atoms with Gasteiger partial charge in [-0.1, -0.05) is 13.8 Å². The summed E-state index contributed by atoms with van der Waals surface area (Å²) < 4.78 is 3.45. The largest absolute Gasteiger partial charge is 0.328 e. The zero-order valence-electron chi connectivity index (χ0n) is 15.1. The van der Waals surface area contributed by atoms with Crippen LogP contribution in [-0.2, 0) is 7.05 Å².